The number of nitrogens with one attached hydrogen (secondary N) is 2. The van der Waals surface area contributed by atoms with Gasteiger partial charge in [-0.3, -0.25) is 4.99 Å². The Morgan fingerprint density at radius 1 is 1.27 bits per heavy atom. The van der Waals surface area contributed by atoms with Gasteiger partial charge in [0.2, 0.25) is 0 Å². The van der Waals surface area contributed by atoms with Crippen molar-refractivity contribution in [3.63, 3.8) is 0 Å². The molecule has 5 nitrogen and oxygen atoms in total. The highest BCUT2D eigenvalue weighted by Crippen LogP contribution is 2.26. The van der Waals surface area contributed by atoms with E-state index in [1.807, 2.05) is 28.9 Å². The molecule has 0 saturated carbocycles. The zero-order chi connectivity index (χ0) is 17.9. The van der Waals surface area contributed by atoms with Crippen LogP contribution < -0.4 is 10.6 Å². The van der Waals surface area contributed by atoms with Crippen molar-refractivity contribution in [1.29, 1.82) is 0 Å². The Morgan fingerprint density at radius 2 is 2.08 bits per heavy atom. The molecule has 0 spiro atoms. The molecule has 2 N–H and O–H groups in total. The number of hydrogen-bond donors (Lipinski definition) is 2. The van der Waals surface area contributed by atoms with Gasteiger partial charge in [0.15, 0.2) is 5.96 Å². The lowest BCUT2D eigenvalue weighted by molar-refractivity contribution is 0.518. The summed E-state index contributed by atoms with van der Waals surface area (Å²) in [7, 11) is 1.79. The SMILES string of the molecule is CN=C(NCc1cn2cc(Br)ccc2n1)NCC(C)(C)c1cccs1.I. The van der Waals surface area contributed by atoms with Crippen LogP contribution in [0.15, 0.2) is 51.5 Å². The summed E-state index contributed by atoms with van der Waals surface area (Å²) >= 11 is 5.26. The third-order valence-corrected chi connectivity index (χ3v) is 5.72. The molecule has 3 heterocycles. The predicted molar refractivity (Wildman–Crippen MR) is 124 cm³/mol. The van der Waals surface area contributed by atoms with E-state index in [0.29, 0.717) is 6.54 Å². The highest BCUT2D eigenvalue weighted by Gasteiger charge is 2.21. The summed E-state index contributed by atoms with van der Waals surface area (Å²) in [4.78, 5) is 10.3. The molecule has 0 bridgehead atoms. The molecule has 0 fully saturated rings. The largest absolute Gasteiger partial charge is 0.356 e. The number of aliphatic imine (C=N–C) groups is 1. The van der Waals surface area contributed by atoms with E-state index in [4.69, 9.17) is 0 Å². The summed E-state index contributed by atoms with van der Waals surface area (Å²) in [5.41, 5.74) is 1.96. The molecule has 0 atom stereocenters. The van der Waals surface area contributed by atoms with Crippen molar-refractivity contribution in [3.05, 3.63) is 57.1 Å². The first-order valence-corrected chi connectivity index (χ1v) is 9.77. The van der Waals surface area contributed by atoms with E-state index >= 15 is 0 Å². The fourth-order valence-corrected chi connectivity index (χ4v) is 3.76. The minimum Gasteiger partial charge on any atom is -0.356 e. The number of halogens is 2. The van der Waals surface area contributed by atoms with E-state index in [1.54, 1.807) is 18.4 Å². The van der Waals surface area contributed by atoms with E-state index in [-0.39, 0.29) is 29.4 Å². The lowest BCUT2D eigenvalue weighted by Gasteiger charge is -2.25. The summed E-state index contributed by atoms with van der Waals surface area (Å²) in [5, 5.41) is 8.87. The third kappa shape index (κ3) is 5.20. The summed E-state index contributed by atoms with van der Waals surface area (Å²) < 4.78 is 3.04. The summed E-state index contributed by atoms with van der Waals surface area (Å²) in [6, 6.07) is 8.25. The van der Waals surface area contributed by atoms with Crippen molar-refractivity contribution in [3.8, 4) is 0 Å². The van der Waals surface area contributed by atoms with E-state index in [9.17, 15) is 0 Å². The van der Waals surface area contributed by atoms with Crippen molar-refractivity contribution in [2.45, 2.75) is 25.8 Å². The predicted octanol–water partition coefficient (Wildman–Crippen LogP) is 4.42. The number of thiophene rings is 1. The Hall–Kier alpha value is -1.13. The number of nitrogens with zero attached hydrogens (tertiary/aromatic N) is 3. The molecule has 140 valence electrons. The van der Waals surface area contributed by atoms with Crippen LogP contribution in [-0.2, 0) is 12.0 Å². The average molecular weight is 548 g/mol. The van der Waals surface area contributed by atoms with E-state index in [2.05, 4.69) is 67.9 Å². The maximum atomic E-state index is 4.61. The van der Waals surface area contributed by atoms with Gasteiger partial charge in [-0.1, -0.05) is 19.9 Å². The normalized spacial score (nSPS) is 12.1. The van der Waals surface area contributed by atoms with Crippen LogP contribution in [0.1, 0.15) is 24.4 Å². The number of fused-ring (bicyclic) bond motifs is 1. The fourth-order valence-electron chi connectivity index (χ4n) is 2.55. The summed E-state index contributed by atoms with van der Waals surface area (Å²) in [6.07, 6.45) is 4.03. The quantitative estimate of drug-likeness (QED) is 0.282. The van der Waals surface area contributed by atoms with Crippen LogP contribution in [0.3, 0.4) is 0 Å². The molecular formula is C18H23BrIN5S. The van der Waals surface area contributed by atoms with E-state index in [0.717, 1.165) is 28.3 Å². The van der Waals surface area contributed by atoms with Crippen LogP contribution in [0.2, 0.25) is 0 Å². The lowest BCUT2D eigenvalue weighted by Crippen LogP contribution is -2.43. The highest BCUT2D eigenvalue weighted by atomic mass is 127. The second-order valence-corrected chi connectivity index (χ2v) is 8.35. The Morgan fingerprint density at radius 3 is 2.77 bits per heavy atom. The van der Waals surface area contributed by atoms with Gasteiger partial charge in [0.25, 0.3) is 0 Å². The van der Waals surface area contributed by atoms with Gasteiger partial charge in [0, 0.05) is 40.8 Å². The van der Waals surface area contributed by atoms with Gasteiger partial charge in [-0.05, 0) is 39.5 Å². The van der Waals surface area contributed by atoms with Crippen LogP contribution in [0, 0.1) is 0 Å². The van der Waals surface area contributed by atoms with Gasteiger partial charge in [-0.2, -0.15) is 0 Å². The standard InChI is InChI=1S/C18H22BrN5S.HI/c1-18(2,15-5-4-8-25-15)12-22-17(20-3)21-9-14-11-24-10-13(19)6-7-16(24)23-14;/h4-8,10-11H,9,12H2,1-3H3,(H2,20,21,22);1H. The zero-order valence-electron chi connectivity index (χ0n) is 15.0. The van der Waals surface area contributed by atoms with Gasteiger partial charge in [0.1, 0.15) is 5.65 Å². The molecule has 0 unspecified atom stereocenters. The molecule has 0 aromatic carbocycles. The number of aromatic nitrogens is 2. The minimum atomic E-state index is 0. The van der Waals surface area contributed by atoms with Crippen molar-refractivity contribution in [1.82, 2.24) is 20.0 Å². The molecule has 26 heavy (non-hydrogen) atoms. The first kappa shape index (κ1) is 21.2. The van der Waals surface area contributed by atoms with E-state index < -0.39 is 0 Å². The third-order valence-electron chi connectivity index (χ3n) is 4.01. The van der Waals surface area contributed by atoms with Crippen LogP contribution >= 0.6 is 51.2 Å². The van der Waals surface area contributed by atoms with Gasteiger partial charge >= 0.3 is 0 Å². The van der Waals surface area contributed by atoms with Crippen LogP contribution in [0.4, 0.5) is 0 Å². The molecule has 3 rings (SSSR count). The molecule has 8 heteroatoms. The molecule has 0 amide bonds. The Labute approximate surface area is 183 Å². The van der Waals surface area contributed by atoms with Gasteiger partial charge in [-0.15, -0.1) is 35.3 Å². The van der Waals surface area contributed by atoms with Crippen molar-refractivity contribution in [2.75, 3.05) is 13.6 Å². The monoisotopic (exact) mass is 547 g/mol. The van der Waals surface area contributed by atoms with E-state index in [1.165, 1.54) is 4.88 Å². The molecular weight excluding hydrogens is 525 g/mol. The fraction of sp³-hybridized carbons (Fsp3) is 0.333. The second kappa shape index (κ2) is 9.18. The van der Waals surface area contributed by atoms with Crippen LogP contribution in [0.5, 0.6) is 0 Å². The Kier molecular flexibility index (Phi) is 7.48. The van der Waals surface area contributed by atoms with Gasteiger partial charge in [-0.25, -0.2) is 4.98 Å². The highest BCUT2D eigenvalue weighted by molar-refractivity contribution is 14.0. The molecule has 3 aromatic heterocycles. The van der Waals surface area contributed by atoms with Gasteiger partial charge in [0.05, 0.1) is 12.2 Å². The smallest absolute Gasteiger partial charge is 0.191 e. The molecule has 0 aliphatic heterocycles. The topological polar surface area (TPSA) is 53.7 Å². The Bertz CT molecular complexity index is 873. The second-order valence-electron chi connectivity index (χ2n) is 6.49. The number of rotatable bonds is 5. The van der Waals surface area contributed by atoms with Crippen molar-refractivity contribution >= 4 is 62.9 Å². The summed E-state index contributed by atoms with van der Waals surface area (Å²) in [5.74, 6) is 0.780. The molecule has 3 aromatic rings. The van der Waals surface area contributed by atoms with Crippen molar-refractivity contribution < 1.29 is 0 Å². The number of hydrogen-bond acceptors (Lipinski definition) is 3. The zero-order valence-corrected chi connectivity index (χ0v) is 19.7. The van der Waals surface area contributed by atoms with Crippen LogP contribution in [-0.4, -0.2) is 28.9 Å². The number of pyridine rings is 1. The molecule has 0 saturated heterocycles. The first-order chi connectivity index (χ1) is 12.0. The number of guanidine groups is 1. The van der Waals surface area contributed by atoms with Crippen molar-refractivity contribution in [2.24, 2.45) is 4.99 Å². The maximum Gasteiger partial charge on any atom is 0.191 e. The summed E-state index contributed by atoms with van der Waals surface area (Å²) in [6.45, 7) is 5.90. The minimum absolute atomic E-state index is 0. The number of imidazole rings is 1. The maximum absolute atomic E-state index is 4.61. The molecule has 0 aliphatic rings. The Balaban J connectivity index is 0.00000243. The first-order valence-electron chi connectivity index (χ1n) is 8.09. The molecule has 0 aliphatic carbocycles. The van der Waals surface area contributed by atoms with Crippen LogP contribution in [0.25, 0.3) is 5.65 Å². The van der Waals surface area contributed by atoms with Gasteiger partial charge < -0.3 is 15.0 Å². The molecule has 0 radical (unpaired) electrons. The lowest BCUT2D eigenvalue weighted by atomic mass is 9.91. The average Bonchev–Trinajstić information content (AvgIpc) is 3.24.